The molecule has 1 aromatic heterocycles. The second-order valence-electron chi connectivity index (χ2n) is 9.31. The molecular weight excluding hydrogens is 354 g/mol. The van der Waals surface area contributed by atoms with E-state index in [1.807, 2.05) is 20.9 Å². The second-order valence-corrected chi connectivity index (χ2v) is 9.31. The zero-order valence-electron chi connectivity index (χ0n) is 17.3. The maximum absolute atomic E-state index is 12.7. The van der Waals surface area contributed by atoms with Crippen LogP contribution >= 0.6 is 0 Å². The van der Waals surface area contributed by atoms with E-state index in [0.29, 0.717) is 0 Å². The average molecular weight is 386 g/mol. The first kappa shape index (κ1) is 19.2. The third kappa shape index (κ3) is 3.61. The van der Waals surface area contributed by atoms with Gasteiger partial charge in [0, 0.05) is 29.9 Å². The summed E-state index contributed by atoms with van der Waals surface area (Å²) in [5.41, 5.74) is 2.68. The van der Waals surface area contributed by atoms with E-state index in [0.717, 1.165) is 54.0 Å². The molecule has 1 heterocycles. The Bertz CT molecular complexity index is 788. The summed E-state index contributed by atoms with van der Waals surface area (Å²) < 4.78 is 7.15. The van der Waals surface area contributed by atoms with Gasteiger partial charge in [-0.2, -0.15) is 5.10 Å². The Kier molecular flexibility index (Phi) is 4.84. The highest BCUT2D eigenvalue weighted by molar-refractivity contribution is 5.90. The van der Waals surface area contributed by atoms with Gasteiger partial charge in [-0.1, -0.05) is 0 Å². The van der Waals surface area contributed by atoms with E-state index in [4.69, 9.17) is 4.74 Å². The third-order valence-electron chi connectivity index (χ3n) is 7.04. The molecule has 0 aromatic carbocycles. The Hall–Kier alpha value is -2.11. The largest absolute Gasteiger partial charge is 0.449 e. The summed E-state index contributed by atoms with van der Waals surface area (Å²) in [6.45, 7) is 5.51. The van der Waals surface area contributed by atoms with Crippen molar-refractivity contribution < 1.29 is 14.3 Å². The quantitative estimate of drug-likeness (QED) is 0.624. The molecule has 0 radical (unpaired) electrons. The summed E-state index contributed by atoms with van der Waals surface area (Å²) in [6.07, 6.45) is 9.56. The maximum Gasteiger partial charge on any atom is 0.331 e. The monoisotopic (exact) mass is 385 g/mol. The van der Waals surface area contributed by atoms with Gasteiger partial charge in [0.2, 0.25) is 0 Å². The molecule has 6 heteroatoms. The highest BCUT2D eigenvalue weighted by Gasteiger charge is 2.51. The van der Waals surface area contributed by atoms with Crippen LogP contribution in [0.25, 0.3) is 6.08 Å². The maximum atomic E-state index is 12.7. The van der Waals surface area contributed by atoms with Crippen molar-refractivity contribution in [2.24, 2.45) is 24.8 Å². The van der Waals surface area contributed by atoms with E-state index < -0.39 is 12.1 Å². The highest BCUT2D eigenvalue weighted by atomic mass is 16.5. The van der Waals surface area contributed by atoms with Crippen molar-refractivity contribution in [1.82, 2.24) is 15.1 Å². The summed E-state index contributed by atoms with van der Waals surface area (Å²) >= 11 is 0. The summed E-state index contributed by atoms with van der Waals surface area (Å²) in [4.78, 5) is 24.9. The van der Waals surface area contributed by atoms with Crippen molar-refractivity contribution in [3.8, 4) is 0 Å². The van der Waals surface area contributed by atoms with E-state index >= 15 is 0 Å². The molecule has 6 nitrogen and oxygen atoms in total. The van der Waals surface area contributed by atoms with E-state index in [1.54, 1.807) is 17.7 Å². The lowest BCUT2D eigenvalue weighted by atomic mass is 9.53. The van der Waals surface area contributed by atoms with Gasteiger partial charge in [-0.25, -0.2) is 4.79 Å². The minimum atomic E-state index is -0.791. The molecule has 1 aromatic rings. The molecule has 28 heavy (non-hydrogen) atoms. The molecule has 0 saturated heterocycles. The number of rotatable bonds is 5. The number of aryl methyl sites for hydroxylation is 2. The van der Waals surface area contributed by atoms with Crippen LogP contribution in [0.15, 0.2) is 6.08 Å². The molecule has 4 fully saturated rings. The second kappa shape index (κ2) is 7.05. The van der Waals surface area contributed by atoms with Crippen LogP contribution < -0.4 is 5.32 Å². The first-order valence-corrected chi connectivity index (χ1v) is 10.5. The van der Waals surface area contributed by atoms with Crippen molar-refractivity contribution in [2.45, 2.75) is 70.9 Å². The molecule has 0 unspecified atom stereocenters. The van der Waals surface area contributed by atoms with Crippen LogP contribution in [-0.2, 0) is 21.4 Å². The number of nitrogens with zero attached hydrogens (tertiary/aromatic N) is 2. The van der Waals surface area contributed by atoms with Crippen molar-refractivity contribution in [3.63, 3.8) is 0 Å². The van der Waals surface area contributed by atoms with Crippen molar-refractivity contribution in [1.29, 1.82) is 0 Å². The van der Waals surface area contributed by atoms with E-state index in [-0.39, 0.29) is 11.4 Å². The number of amides is 1. The van der Waals surface area contributed by atoms with Crippen molar-refractivity contribution >= 4 is 18.0 Å². The standard InChI is InChI=1S/C22H31N3O3/c1-13-19(14(2)25(4)24-13)5-6-20(26)28-15(3)21(27)23-22-10-16-7-17(11-22)9-18(8-16)12-22/h5-6,15-18H,7-12H2,1-4H3,(H,23,27)/b6-5+/t15-,16?,17?,18?,22?/m1/s1. The molecule has 0 aliphatic heterocycles. The Morgan fingerprint density at radius 2 is 1.75 bits per heavy atom. The molecule has 4 aliphatic rings. The number of aromatic nitrogens is 2. The highest BCUT2D eigenvalue weighted by Crippen LogP contribution is 2.55. The fourth-order valence-corrected chi connectivity index (χ4v) is 6.08. The molecule has 1 atom stereocenters. The lowest BCUT2D eigenvalue weighted by Crippen LogP contribution is -2.61. The fraction of sp³-hybridized carbons (Fsp3) is 0.682. The Labute approximate surface area is 166 Å². The Balaban J connectivity index is 1.34. The number of hydrogen-bond donors (Lipinski definition) is 1. The van der Waals surface area contributed by atoms with E-state index in [9.17, 15) is 9.59 Å². The number of carbonyl (C=O) groups is 2. The lowest BCUT2D eigenvalue weighted by Gasteiger charge is -2.57. The van der Waals surface area contributed by atoms with E-state index in [2.05, 4.69) is 10.4 Å². The predicted molar refractivity (Wildman–Crippen MR) is 106 cm³/mol. The Morgan fingerprint density at radius 1 is 1.18 bits per heavy atom. The van der Waals surface area contributed by atoms with Gasteiger partial charge in [0.1, 0.15) is 0 Å². The molecule has 4 saturated carbocycles. The normalized spacial score (nSPS) is 31.9. The minimum absolute atomic E-state index is 0.0632. The number of carbonyl (C=O) groups excluding carboxylic acids is 2. The summed E-state index contributed by atoms with van der Waals surface area (Å²) in [6, 6.07) is 0. The van der Waals surface area contributed by atoms with Gasteiger partial charge in [0.15, 0.2) is 6.10 Å². The topological polar surface area (TPSA) is 73.2 Å². The minimum Gasteiger partial charge on any atom is -0.449 e. The zero-order chi connectivity index (χ0) is 20.1. The number of ether oxygens (including phenoxy) is 1. The van der Waals surface area contributed by atoms with Crippen LogP contribution in [0.3, 0.4) is 0 Å². The van der Waals surface area contributed by atoms with Gasteiger partial charge in [0.05, 0.1) is 5.69 Å². The SMILES string of the molecule is Cc1nn(C)c(C)c1/C=C/C(=O)O[C@H](C)C(=O)NC12CC3CC(CC(C3)C1)C2. The van der Waals surface area contributed by atoms with Gasteiger partial charge in [0.25, 0.3) is 5.91 Å². The predicted octanol–water partition coefficient (Wildman–Crippen LogP) is 3.07. The molecule has 1 N–H and O–H groups in total. The molecule has 4 bridgehead atoms. The van der Waals surface area contributed by atoms with Crippen molar-refractivity contribution in [2.75, 3.05) is 0 Å². The fourth-order valence-electron chi connectivity index (χ4n) is 6.08. The number of esters is 1. The van der Waals surface area contributed by atoms with Crippen LogP contribution in [0.4, 0.5) is 0 Å². The molecule has 0 spiro atoms. The van der Waals surface area contributed by atoms with Crippen LogP contribution in [-0.4, -0.2) is 33.3 Å². The average Bonchev–Trinajstić information content (AvgIpc) is 2.83. The molecule has 152 valence electrons. The first-order valence-electron chi connectivity index (χ1n) is 10.5. The lowest BCUT2D eigenvalue weighted by molar-refractivity contribution is -0.152. The van der Waals surface area contributed by atoms with Crippen LogP contribution in [0, 0.1) is 31.6 Å². The van der Waals surface area contributed by atoms with Gasteiger partial charge < -0.3 is 10.1 Å². The van der Waals surface area contributed by atoms with Gasteiger partial charge in [-0.05, 0) is 83.1 Å². The van der Waals surface area contributed by atoms with Crippen molar-refractivity contribution in [3.05, 3.63) is 23.0 Å². The third-order valence-corrected chi connectivity index (χ3v) is 7.04. The van der Waals surface area contributed by atoms with Gasteiger partial charge >= 0.3 is 5.97 Å². The smallest absolute Gasteiger partial charge is 0.331 e. The van der Waals surface area contributed by atoms with Crippen LogP contribution in [0.5, 0.6) is 0 Å². The Morgan fingerprint density at radius 3 is 2.25 bits per heavy atom. The summed E-state index contributed by atoms with van der Waals surface area (Å²) in [5.74, 6) is 1.61. The van der Waals surface area contributed by atoms with Crippen LogP contribution in [0.2, 0.25) is 0 Å². The number of nitrogens with one attached hydrogen (secondary N) is 1. The summed E-state index contributed by atoms with van der Waals surface area (Å²) in [7, 11) is 1.87. The van der Waals surface area contributed by atoms with Gasteiger partial charge in [-0.15, -0.1) is 0 Å². The number of hydrogen-bond acceptors (Lipinski definition) is 4. The molecule has 5 rings (SSSR count). The first-order chi connectivity index (χ1) is 13.2. The summed E-state index contributed by atoms with van der Waals surface area (Å²) in [5, 5.41) is 7.60. The zero-order valence-corrected chi connectivity index (χ0v) is 17.3. The van der Waals surface area contributed by atoms with Crippen LogP contribution in [0.1, 0.15) is 62.4 Å². The molecule has 1 amide bonds. The van der Waals surface area contributed by atoms with E-state index in [1.165, 1.54) is 25.3 Å². The molecular formula is C22H31N3O3. The van der Waals surface area contributed by atoms with Gasteiger partial charge in [-0.3, -0.25) is 9.48 Å². The molecule has 4 aliphatic carbocycles.